The molecule has 1 rings (SSSR count). The Bertz CT molecular complexity index is 513. The van der Waals surface area contributed by atoms with E-state index in [1.54, 1.807) is 20.8 Å². The highest BCUT2D eigenvalue weighted by Gasteiger charge is 2.33. The van der Waals surface area contributed by atoms with E-state index in [-0.39, 0.29) is 17.6 Å². The zero-order chi connectivity index (χ0) is 19.8. The van der Waals surface area contributed by atoms with Gasteiger partial charge in [-0.25, -0.2) is 14.5 Å². The Hall–Kier alpha value is -2.05. The fraction of sp³-hybridized carbons (Fsp3) is 0.722. The van der Waals surface area contributed by atoms with Crippen molar-refractivity contribution < 1.29 is 23.9 Å². The number of hydrogen-bond acceptors (Lipinski definition) is 5. The maximum absolute atomic E-state index is 11.8. The fourth-order valence-corrected chi connectivity index (χ4v) is 1.87. The van der Waals surface area contributed by atoms with Crippen LogP contribution in [0.4, 0.5) is 9.59 Å². The minimum atomic E-state index is -0.561. The van der Waals surface area contributed by atoms with E-state index in [2.05, 4.69) is 5.32 Å². The molecule has 0 aromatic carbocycles. The number of nitrogens with zero attached hydrogens (tertiary/aromatic N) is 1. The van der Waals surface area contributed by atoms with E-state index in [0.29, 0.717) is 18.5 Å². The van der Waals surface area contributed by atoms with E-state index in [4.69, 9.17) is 9.47 Å². The minimum absolute atomic E-state index is 0.212. The molecule has 1 heterocycles. The van der Waals surface area contributed by atoms with Gasteiger partial charge in [0.05, 0.1) is 0 Å². The van der Waals surface area contributed by atoms with Crippen molar-refractivity contribution in [2.45, 2.75) is 72.5 Å². The van der Waals surface area contributed by atoms with Crippen molar-refractivity contribution in [1.29, 1.82) is 0 Å². The molecule has 0 aromatic heterocycles. The first kappa shape index (κ1) is 22.9. The van der Waals surface area contributed by atoms with Gasteiger partial charge >= 0.3 is 12.2 Å². The van der Waals surface area contributed by atoms with Crippen LogP contribution in [0.1, 0.15) is 61.3 Å². The minimum Gasteiger partial charge on any atom is -0.444 e. The van der Waals surface area contributed by atoms with Gasteiger partial charge in [0, 0.05) is 19.2 Å². The van der Waals surface area contributed by atoms with Gasteiger partial charge in [-0.1, -0.05) is 13.0 Å². The van der Waals surface area contributed by atoms with Crippen molar-refractivity contribution in [3.63, 3.8) is 0 Å². The number of allylic oxidation sites excluding steroid dienone is 1. The SMILES string of the molecule is CC/C=C1\CCN(C(=O)OC(C)(C)C)C1=O.CNC(=O)OC(C)(C)C. The Balaban J connectivity index is 0.000000547. The van der Waals surface area contributed by atoms with Crippen LogP contribution in [0.3, 0.4) is 0 Å². The van der Waals surface area contributed by atoms with Gasteiger partial charge in [-0.3, -0.25) is 4.79 Å². The fourth-order valence-electron chi connectivity index (χ4n) is 1.87. The smallest absolute Gasteiger partial charge is 0.417 e. The molecule has 0 aromatic rings. The highest BCUT2D eigenvalue weighted by Crippen LogP contribution is 2.20. The van der Waals surface area contributed by atoms with Crippen LogP contribution in [0, 0.1) is 0 Å². The highest BCUT2D eigenvalue weighted by atomic mass is 16.6. The summed E-state index contributed by atoms with van der Waals surface area (Å²) >= 11 is 0. The van der Waals surface area contributed by atoms with Gasteiger partial charge in [-0.2, -0.15) is 0 Å². The number of carbonyl (C=O) groups excluding carboxylic acids is 3. The van der Waals surface area contributed by atoms with Crippen molar-refractivity contribution >= 4 is 18.1 Å². The second-order valence-corrected chi connectivity index (χ2v) is 7.58. The Morgan fingerprint density at radius 2 is 1.64 bits per heavy atom. The number of amides is 3. The molecule has 0 bridgehead atoms. The Labute approximate surface area is 150 Å². The van der Waals surface area contributed by atoms with Crippen LogP contribution in [0.5, 0.6) is 0 Å². The molecule has 0 aliphatic carbocycles. The van der Waals surface area contributed by atoms with Crippen LogP contribution in [-0.4, -0.2) is 47.8 Å². The van der Waals surface area contributed by atoms with Crippen molar-refractivity contribution in [1.82, 2.24) is 10.2 Å². The zero-order valence-corrected chi connectivity index (χ0v) is 16.7. The lowest BCUT2D eigenvalue weighted by atomic mass is 10.2. The quantitative estimate of drug-likeness (QED) is 0.725. The van der Waals surface area contributed by atoms with Crippen molar-refractivity contribution in [3.8, 4) is 0 Å². The summed E-state index contributed by atoms with van der Waals surface area (Å²) in [5, 5.41) is 2.36. The molecule has 0 atom stereocenters. The van der Waals surface area contributed by atoms with E-state index in [1.807, 2.05) is 33.8 Å². The third-order valence-electron chi connectivity index (χ3n) is 2.79. The molecular weight excluding hydrogens is 324 g/mol. The third kappa shape index (κ3) is 9.74. The first-order chi connectivity index (χ1) is 11.3. The van der Waals surface area contributed by atoms with E-state index in [1.165, 1.54) is 11.9 Å². The Morgan fingerprint density at radius 3 is 2.00 bits per heavy atom. The number of likely N-dealkylation sites (tertiary alicyclic amines) is 1. The molecule has 25 heavy (non-hydrogen) atoms. The number of imide groups is 1. The van der Waals surface area contributed by atoms with E-state index >= 15 is 0 Å². The van der Waals surface area contributed by atoms with Crippen molar-refractivity contribution in [2.24, 2.45) is 0 Å². The van der Waals surface area contributed by atoms with Gasteiger partial charge in [0.25, 0.3) is 5.91 Å². The van der Waals surface area contributed by atoms with Crippen LogP contribution in [0.25, 0.3) is 0 Å². The van der Waals surface area contributed by atoms with E-state index < -0.39 is 11.7 Å². The third-order valence-corrected chi connectivity index (χ3v) is 2.79. The van der Waals surface area contributed by atoms with Crippen LogP contribution in [0.15, 0.2) is 11.6 Å². The van der Waals surface area contributed by atoms with Gasteiger partial charge in [-0.05, 0) is 54.4 Å². The van der Waals surface area contributed by atoms with Crippen LogP contribution >= 0.6 is 0 Å². The number of carbonyl (C=O) groups is 3. The molecule has 144 valence electrons. The van der Waals surface area contributed by atoms with Gasteiger partial charge in [0.1, 0.15) is 11.2 Å². The lowest BCUT2D eigenvalue weighted by Crippen LogP contribution is -2.37. The van der Waals surface area contributed by atoms with Crippen molar-refractivity contribution in [3.05, 3.63) is 11.6 Å². The second kappa shape index (κ2) is 9.44. The average Bonchev–Trinajstić information content (AvgIpc) is 2.78. The van der Waals surface area contributed by atoms with Gasteiger partial charge in [0.2, 0.25) is 0 Å². The summed E-state index contributed by atoms with van der Waals surface area (Å²) < 4.78 is 9.99. The predicted octanol–water partition coefficient (Wildman–Crippen LogP) is 3.63. The molecule has 0 unspecified atom stereocenters. The zero-order valence-electron chi connectivity index (χ0n) is 16.7. The summed E-state index contributed by atoms with van der Waals surface area (Å²) in [6, 6.07) is 0. The lowest BCUT2D eigenvalue weighted by molar-refractivity contribution is -0.124. The summed E-state index contributed by atoms with van der Waals surface area (Å²) in [6.07, 6.45) is 2.38. The monoisotopic (exact) mass is 356 g/mol. The second-order valence-electron chi connectivity index (χ2n) is 7.58. The summed E-state index contributed by atoms with van der Waals surface area (Å²) in [6.45, 7) is 13.2. The first-order valence-electron chi connectivity index (χ1n) is 8.45. The normalized spacial score (nSPS) is 16.2. The molecule has 1 fully saturated rings. The van der Waals surface area contributed by atoms with Gasteiger partial charge < -0.3 is 14.8 Å². The first-order valence-corrected chi connectivity index (χ1v) is 8.45. The number of nitrogens with one attached hydrogen (secondary N) is 1. The van der Waals surface area contributed by atoms with E-state index in [0.717, 1.165) is 6.42 Å². The van der Waals surface area contributed by atoms with Gasteiger partial charge in [-0.15, -0.1) is 0 Å². The summed E-state index contributed by atoms with van der Waals surface area (Å²) in [5.41, 5.74) is -0.234. The molecule has 7 heteroatoms. The molecule has 1 saturated heterocycles. The number of rotatable bonds is 1. The molecular formula is C18H32N2O5. The van der Waals surface area contributed by atoms with Crippen LogP contribution < -0.4 is 5.32 Å². The summed E-state index contributed by atoms with van der Waals surface area (Å²) in [7, 11) is 1.54. The maximum Gasteiger partial charge on any atom is 0.417 e. The molecule has 0 saturated carbocycles. The predicted molar refractivity (Wildman–Crippen MR) is 96.2 cm³/mol. The standard InChI is InChI=1S/C12H19NO3.C6H13NO2/c1-5-6-9-7-8-13(10(9)14)11(15)16-12(2,3)4;1-6(2,3)9-5(8)7-4/h6H,5,7-8H2,1-4H3;1-4H3,(H,7,8)/b9-6+;. The largest absolute Gasteiger partial charge is 0.444 e. The number of ether oxygens (including phenoxy) is 2. The van der Waals surface area contributed by atoms with Crippen molar-refractivity contribution in [2.75, 3.05) is 13.6 Å². The average molecular weight is 356 g/mol. The van der Waals surface area contributed by atoms with Gasteiger partial charge in [0.15, 0.2) is 0 Å². The number of alkyl carbamates (subject to hydrolysis) is 1. The Morgan fingerprint density at radius 1 is 1.12 bits per heavy atom. The molecule has 0 spiro atoms. The molecule has 1 aliphatic rings. The topological polar surface area (TPSA) is 84.9 Å². The Kier molecular flexibility index (Phi) is 8.66. The lowest BCUT2D eigenvalue weighted by Gasteiger charge is -2.23. The van der Waals surface area contributed by atoms with Crippen LogP contribution in [0.2, 0.25) is 0 Å². The number of hydrogen-bond donors (Lipinski definition) is 1. The molecule has 1 N–H and O–H groups in total. The molecule has 0 radical (unpaired) electrons. The molecule has 3 amide bonds. The summed E-state index contributed by atoms with van der Waals surface area (Å²) in [4.78, 5) is 35.1. The highest BCUT2D eigenvalue weighted by molar-refractivity contribution is 6.04. The molecule has 7 nitrogen and oxygen atoms in total. The maximum atomic E-state index is 11.8. The molecule has 1 aliphatic heterocycles. The van der Waals surface area contributed by atoms with Crippen LogP contribution in [-0.2, 0) is 14.3 Å². The summed E-state index contributed by atoms with van der Waals surface area (Å²) in [5.74, 6) is -0.212. The van der Waals surface area contributed by atoms with E-state index in [9.17, 15) is 14.4 Å².